The molecule has 22 heavy (non-hydrogen) atoms. The van der Waals surface area contributed by atoms with Crippen LogP contribution >= 0.6 is 0 Å². The Morgan fingerprint density at radius 1 is 1.32 bits per heavy atom. The molecule has 0 radical (unpaired) electrons. The molecule has 1 N–H and O–H groups in total. The van der Waals surface area contributed by atoms with Crippen molar-refractivity contribution in [2.45, 2.75) is 12.8 Å². The van der Waals surface area contributed by atoms with E-state index in [1.54, 1.807) is 0 Å². The molecular formula is C16H12N4O2. The molecule has 6 nitrogen and oxygen atoms in total. The summed E-state index contributed by atoms with van der Waals surface area (Å²) in [5.41, 5.74) is 4.61. The first-order valence-electron chi connectivity index (χ1n) is 6.89. The zero-order chi connectivity index (χ0) is 15.1. The number of benzene rings is 1. The van der Waals surface area contributed by atoms with Crippen molar-refractivity contribution in [1.82, 2.24) is 15.5 Å². The molecule has 0 fully saturated rings. The highest BCUT2D eigenvalue weighted by molar-refractivity contribution is 6.19. The Kier molecular flexibility index (Phi) is 2.75. The predicted octanol–water partition coefficient (Wildman–Crippen LogP) is 2.75. The van der Waals surface area contributed by atoms with Crippen molar-refractivity contribution >= 4 is 11.7 Å². The van der Waals surface area contributed by atoms with Crippen LogP contribution in [0.15, 0.2) is 58.0 Å². The second-order valence-electron chi connectivity index (χ2n) is 5.17. The van der Waals surface area contributed by atoms with Crippen molar-refractivity contribution < 1.29 is 9.32 Å². The van der Waals surface area contributed by atoms with Crippen LogP contribution in [0.3, 0.4) is 0 Å². The summed E-state index contributed by atoms with van der Waals surface area (Å²) in [6.45, 7) is 2.03. The number of aromatic nitrogens is 2. The van der Waals surface area contributed by atoms with Gasteiger partial charge in [-0.2, -0.15) is 9.98 Å². The number of hydrogen-bond donors (Lipinski definition) is 1. The van der Waals surface area contributed by atoms with Gasteiger partial charge in [-0.25, -0.2) is 4.79 Å². The van der Waals surface area contributed by atoms with E-state index in [1.165, 1.54) is 6.39 Å². The number of carbonyl (C=O) groups is 1. The summed E-state index contributed by atoms with van der Waals surface area (Å²) in [4.78, 5) is 19.3. The number of fused-ring (bicyclic) bond motifs is 1. The average molecular weight is 292 g/mol. The smallest absolute Gasteiger partial charge is 0.342 e. The normalized spacial score (nSPS) is 19.5. The minimum Gasteiger partial charge on any atom is -0.342 e. The number of aliphatic imine (C=N–C) groups is 1. The molecule has 108 valence electrons. The molecule has 2 heterocycles. The average Bonchev–Trinajstić information content (AvgIpc) is 3.15. The number of hydrogen-bond acceptors (Lipinski definition) is 4. The van der Waals surface area contributed by atoms with Crippen LogP contribution in [-0.4, -0.2) is 21.9 Å². The van der Waals surface area contributed by atoms with Gasteiger partial charge in [-0.05, 0) is 30.2 Å². The summed E-state index contributed by atoms with van der Waals surface area (Å²) >= 11 is 0. The van der Waals surface area contributed by atoms with Crippen molar-refractivity contribution in [3.63, 3.8) is 0 Å². The van der Waals surface area contributed by atoms with E-state index in [0.29, 0.717) is 11.5 Å². The monoisotopic (exact) mass is 292 g/mol. The summed E-state index contributed by atoms with van der Waals surface area (Å²) in [6.07, 6.45) is 7.23. The van der Waals surface area contributed by atoms with E-state index in [-0.39, 0.29) is 11.9 Å². The van der Waals surface area contributed by atoms with Crippen LogP contribution in [0.1, 0.15) is 17.0 Å². The van der Waals surface area contributed by atoms with Crippen LogP contribution in [0.2, 0.25) is 0 Å². The summed E-state index contributed by atoms with van der Waals surface area (Å²) < 4.78 is 4.83. The molecule has 1 aliphatic heterocycles. The van der Waals surface area contributed by atoms with Gasteiger partial charge in [0.15, 0.2) is 0 Å². The van der Waals surface area contributed by atoms with Crippen LogP contribution in [0.4, 0.5) is 4.79 Å². The molecule has 0 saturated heterocycles. The predicted molar refractivity (Wildman–Crippen MR) is 80.4 cm³/mol. The molecule has 1 atom stereocenters. The highest BCUT2D eigenvalue weighted by Crippen LogP contribution is 2.32. The van der Waals surface area contributed by atoms with Crippen molar-refractivity contribution in [1.29, 1.82) is 0 Å². The fourth-order valence-electron chi connectivity index (χ4n) is 2.80. The molecule has 1 aromatic carbocycles. The fraction of sp³-hybridized carbons (Fsp3) is 0.125. The number of amides is 2. The van der Waals surface area contributed by atoms with E-state index < -0.39 is 0 Å². The third kappa shape index (κ3) is 1.96. The highest BCUT2D eigenvalue weighted by Gasteiger charge is 2.23. The van der Waals surface area contributed by atoms with Gasteiger partial charge in [0.05, 0.1) is 11.4 Å². The Hall–Kier alpha value is -3.02. The molecule has 1 unspecified atom stereocenters. The molecule has 2 aromatic rings. The SMILES string of the molecule is Cc1c(-c2ncon2)cccc1C1C=CC2=NC(=O)NC2=C1. The van der Waals surface area contributed by atoms with Gasteiger partial charge in [-0.1, -0.05) is 29.4 Å². The minimum atomic E-state index is -0.316. The molecule has 1 aliphatic carbocycles. The van der Waals surface area contributed by atoms with E-state index >= 15 is 0 Å². The van der Waals surface area contributed by atoms with Crippen molar-refractivity contribution in [3.8, 4) is 11.4 Å². The van der Waals surface area contributed by atoms with E-state index in [0.717, 1.165) is 22.4 Å². The third-order valence-corrected chi connectivity index (χ3v) is 3.88. The second-order valence-corrected chi connectivity index (χ2v) is 5.17. The standard InChI is InChI=1S/C16H12N4O2/c1-9-11(3-2-4-12(9)15-17-8-22-20-15)10-5-6-13-14(7-10)19-16(21)18-13/h2-8,10H,1H3,(H,19,21). The quantitative estimate of drug-likeness (QED) is 0.922. The largest absolute Gasteiger partial charge is 0.346 e. The van der Waals surface area contributed by atoms with E-state index in [4.69, 9.17) is 4.52 Å². The van der Waals surface area contributed by atoms with Crippen LogP contribution in [0, 0.1) is 6.92 Å². The van der Waals surface area contributed by atoms with Crippen LogP contribution in [0.25, 0.3) is 11.4 Å². The van der Waals surface area contributed by atoms with E-state index in [2.05, 4.69) is 26.5 Å². The second kappa shape index (κ2) is 4.77. The molecule has 2 aliphatic rings. The van der Waals surface area contributed by atoms with Gasteiger partial charge < -0.3 is 9.84 Å². The lowest BCUT2D eigenvalue weighted by atomic mass is 9.88. The number of carbonyl (C=O) groups excluding carboxylic acids is 1. The number of nitrogens with zero attached hydrogens (tertiary/aromatic N) is 3. The number of allylic oxidation sites excluding steroid dienone is 3. The summed E-state index contributed by atoms with van der Waals surface area (Å²) in [5.74, 6) is 0.641. The summed E-state index contributed by atoms with van der Waals surface area (Å²) in [6, 6.07) is 5.68. The first-order chi connectivity index (χ1) is 10.7. The Morgan fingerprint density at radius 2 is 2.23 bits per heavy atom. The lowest BCUT2D eigenvalue weighted by molar-refractivity contribution is 0.253. The van der Waals surface area contributed by atoms with Gasteiger partial charge in [-0.15, -0.1) is 0 Å². The topological polar surface area (TPSA) is 80.4 Å². The summed E-state index contributed by atoms with van der Waals surface area (Å²) in [5, 5.41) is 6.65. The van der Waals surface area contributed by atoms with Gasteiger partial charge >= 0.3 is 6.03 Å². The third-order valence-electron chi connectivity index (χ3n) is 3.88. The van der Waals surface area contributed by atoms with Crippen LogP contribution < -0.4 is 5.32 Å². The minimum absolute atomic E-state index is 0.0687. The maximum atomic E-state index is 11.3. The molecule has 1 aromatic heterocycles. The zero-order valence-electron chi connectivity index (χ0n) is 11.8. The Labute approximate surface area is 126 Å². The molecular weight excluding hydrogens is 280 g/mol. The molecule has 2 amide bonds. The lowest BCUT2D eigenvalue weighted by Crippen LogP contribution is -2.17. The Morgan fingerprint density at radius 3 is 3.05 bits per heavy atom. The molecule has 0 bridgehead atoms. The van der Waals surface area contributed by atoms with Crippen LogP contribution in [0.5, 0.6) is 0 Å². The van der Waals surface area contributed by atoms with Crippen molar-refractivity contribution in [3.05, 3.63) is 59.6 Å². The first kappa shape index (κ1) is 12.7. The molecule has 6 heteroatoms. The number of nitrogens with one attached hydrogen (secondary N) is 1. The van der Waals surface area contributed by atoms with Crippen molar-refractivity contribution in [2.75, 3.05) is 0 Å². The van der Waals surface area contributed by atoms with Gasteiger partial charge in [0, 0.05) is 11.5 Å². The molecule has 0 saturated carbocycles. The maximum absolute atomic E-state index is 11.3. The van der Waals surface area contributed by atoms with Gasteiger partial charge in [-0.3, -0.25) is 0 Å². The highest BCUT2D eigenvalue weighted by atomic mass is 16.5. The molecule has 4 rings (SSSR count). The van der Waals surface area contributed by atoms with Crippen molar-refractivity contribution in [2.24, 2.45) is 4.99 Å². The van der Waals surface area contributed by atoms with Crippen LogP contribution in [-0.2, 0) is 0 Å². The number of urea groups is 1. The maximum Gasteiger partial charge on any atom is 0.346 e. The zero-order valence-corrected chi connectivity index (χ0v) is 11.8. The van der Waals surface area contributed by atoms with Gasteiger partial charge in [0.2, 0.25) is 12.2 Å². The Balaban J connectivity index is 1.76. The summed E-state index contributed by atoms with van der Waals surface area (Å²) in [7, 11) is 0. The first-order valence-corrected chi connectivity index (χ1v) is 6.89. The fourth-order valence-corrected chi connectivity index (χ4v) is 2.80. The molecule has 0 spiro atoms. The Bertz CT molecular complexity index is 847. The number of rotatable bonds is 2. The van der Waals surface area contributed by atoms with Gasteiger partial charge in [0.1, 0.15) is 0 Å². The van der Waals surface area contributed by atoms with Gasteiger partial charge in [0.25, 0.3) is 0 Å². The van der Waals surface area contributed by atoms with E-state index in [9.17, 15) is 4.79 Å². The van der Waals surface area contributed by atoms with E-state index in [1.807, 2.05) is 37.3 Å². The lowest BCUT2D eigenvalue weighted by Gasteiger charge is -2.18.